The van der Waals surface area contributed by atoms with E-state index < -0.39 is 18.0 Å². The Morgan fingerprint density at radius 3 is 2.11 bits per heavy atom. The Hall–Kier alpha value is -1.86. The smallest absolute Gasteiger partial charge is 0.463 e. The second-order valence-electron chi connectivity index (χ2n) is 3.98. The number of nitrogens with one attached hydrogen (secondary N) is 1. The SMILES string of the molecule is Cc1cc(NC(=O)C(F)(F)C(F)(F)F)c(C)cc1O. The fourth-order valence-electron chi connectivity index (χ4n) is 1.27. The molecule has 0 radical (unpaired) electrons. The maximum absolute atomic E-state index is 12.7. The van der Waals surface area contributed by atoms with Crippen molar-refractivity contribution in [3.63, 3.8) is 0 Å². The fraction of sp³-hybridized carbons (Fsp3) is 0.364. The molecule has 3 nitrogen and oxygen atoms in total. The van der Waals surface area contributed by atoms with Crippen LogP contribution in [0.1, 0.15) is 11.1 Å². The zero-order valence-corrected chi connectivity index (χ0v) is 9.90. The second-order valence-corrected chi connectivity index (χ2v) is 3.98. The van der Waals surface area contributed by atoms with Crippen LogP contribution in [-0.2, 0) is 4.79 Å². The lowest BCUT2D eigenvalue weighted by atomic mass is 10.1. The fourth-order valence-corrected chi connectivity index (χ4v) is 1.27. The molecule has 1 aromatic rings. The average Bonchev–Trinajstić information content (AvgIpc) is 2.24. The summed E-state index contributed by atoms with van der Waals surface area (Å²) in [7, 11) is 0. The van der Waals surface area contributed by atoms with Crippen molar-refractivity contribution in [1.82, 2.24) is 0 Å². The molecule has 1 aromatic carbocycles. The number of carbonyl (C=O) groups excluding carboxylic acids is 1. The molecule has 2 N–H and O–H groups in total. The molecule has 106 valence electrons. The Morgan fingerprint density at radius 2 is 1.63 bits per heavy atom. The van der Waals surface area contributed by atoms with E-state index in [-0.39, 0.29) is 22.6 Å². The summed E-state index contributed by atoms with van der Waals surface area (Å²) in [4.78, 5) is 11.0. The number of phenolic OH excluding ortho intramolecular Hbond substituents is 1. The molecule has 0 atom stereocenters. The van der Waals surface area contributed by atoms with Gasteiger partial charge in [-0.05, 0) is 37.1 Å². The van der Waals surface area contributed by atoms with Crippen LogP contribution in [0.25, 0.3) is 0 Å². The molecule has 0 saturated carbocycles. The molecule has 0 aliphatic rings. The van der Waals surface area contributed by atoms with Crippen LogP contribution in [0.15, 0.2) is 12.1 Å². The van der Waals surface area contributed by atoms with Gasteiger partial charge in [0.2, 0.25) is 0 Å². The topological polar surface area (TPSA) is 49.3 Å². The first kappa shape index (κ1) is 15.2. The molecule has 0 unspecified atom stereocenters. The number of rotatable bonds is 2. The molecular weight excluding hydrogens is 273 g/mol. The Bertz CT molecular complexity index is 511. The Morgan fingerprint density at radius 1 is 1.11 bits per heavy atom. The summed E-state index contributed by atoms with van der Waals surface area (Å²) in [5.74, 6) is -8.10. The van der Waals surface area contributed by atoms with Gasteiger partial charge in [-0.1, -0.05) is 0 Å². The van der Waals surface area contributed by atoms with Crippen LogP contribution in [-0.4, -0.2) is 23.1 Å². The summed E-state index contributed by atoms with van der Waals surface area (Å²) >= 11 is 0. The predicted molar refractivity (Wildman–Crippen MR) is 57.2 cm³/mol. The van der Waals surface area contributed by atoms with Crippen LogP contribution in [0.5, 0.6) is 5.75 Å². The van der Waals surface area contributed by atoms with Gasteiger partial charge < -0.3 is 10.4 Å². The molecule has 0 aromatic heterocycles. The number of halogens is 5. The lowest BCUT2D eigenvalue weighted by Crippen LogP contribution is -2.47. The van der Waals surface area contributed by atoms with Gasteiger partial charge in [0.05, 0.1) is 0 Å². The number of phenols is 1. The molecule has 1 amide bonds. The van der Waals surface area contributed by atoms with E-state index in [1.807, 2.05) is 0 Å². The number of hydrogen-bond donors (Lipinski definition) is 2. The van der Waals surface area contributed by atoms with Crippen LogP contribution in [0.2, 0.25) is 0 Å². The van der Waals surface area contributed by atoms with Gasteiger partial charge in [-0.15, -0.1) is 0 Å². The van der Waals surface area contributed by atoms with Gasteiger partial charge in [0.15, 0.2) is 0 Å². The number of benzene rings is 1. The molecule has 1 rings (SSSR count). The lowest BCUT2D eigenvalue weighted by Gasteiger charge is -2.19. The van der Waals surface area contributed by atoms with Crippen LogP contribution >= 0.6 is 0 Å². The lowest BCUT2D eigenvalue weighted by molar-refractivity contribution is -0.267. The molecule has 0 saturated heterocycles. The monoisotopic (exact) mass is 283 g/mol. The largest absolute Gasteiger partial charge is 0.508 e. The summed E-state index contributed by atoms with van der Waals surface area (Å²) in [5, 5.41) is 10.8. The number of amides is 1. The molecule has 0 aliphatic carbocycles. The highest BCUT2D eigenvalue weighted by Crippen LogP contribution is 2.36. The maximum Gasteiger partial charge on any atom is 0.463 e. The van der Waals surface area contributed by atoms with Gasteiger partial charge in [-0.25, -0.2) is 0 Å². The van der Waals surface area contributed by atoms with Crippen molar-refractivity contribution in [1.29, 1.82) is 0 Å². The summed E-state index contributed by atoms with van der Waals surface area (Å²) in [6, 6.07) is 2.26. The van der Waals surface area contributed by atoms with Crippen molar-refractivity contribution in [3.05, 3.63) is 23.3 Å². The first-order valence-electron chi connectivity index (χ1n) is 5.03. The van der Waals surface area contributed by atoms with Gasteiger partial charge in [0.25, 0.3) is 0 Å². The Balaban J connectivity index is 3.05. The molecule has 8 heteroatoms. The van der Waals surface area contributed by atoms with E-state index in [1.54, 1.807) is 0 Å². The number of carbonyl (C=O) groups is 1. The molecule has 0 bridgehead atoms. The van der Waals surface area contributed by atoms with Gasteiger partial charge >= 0.3 is 18.0 Å². The molecule has 0 spiro atoms. The number of anilines is 1. The molecule has 0 aliphatic heterocycles. The highest BCUT2D eigenvalue weighted by Gasteiger charge is 2.63. The number of alkyl halides is 5. The summed E-state index contributed by atoms with van der Waals surface area (Å²) in [6.07, 6.45) is -5.96. The number of hydrogen-bond acceptors (Lipinski definition) is 2. The van der Waals surface area contributed by atoms with E-state index in [0.29, 0.717) is 0 Å². The van der Waals surface area contributed by atoms with Crippen molar-refractivity contribution in [3.8, 4) is 5.75 Å². The molecule has 0 fully saturated rings. The number of aromatic hydroxyl groups is 1. The van der Waals surface area contributed by atoms with E-state index in [2.05, 4.69) is 0 Å². The summed E-state index contributed by atoms with van der Waals surface area (Å²) in [5.41, 5.74) is 0.176. The van der Waals surface area contributed by atoms with Gasteiger partial charge in [0.1, 0.15) is 5.75 Å². The molecule has 0 heterocycles. The van der Waals surface area contributed by atoms with E-state index in [0.717, 1.165) is 12.1 Å². The average molecular weight is 283 g/mol. The summed E-state index contributed by atoms with van der Waals surface area (Å²) < 4.78 is 61.4. The highest BCUT2D eigenvalue weighted by molar-refractivity contribution is 5.97. The van der Waals surface area contributed by atoms with E-state index in [9.17, 15) is 31.9 Å². The second kappa shape index (κ2) is 4.67. The van der Waals surface area contributed by atoms with Crippen molar-refractivity contribution in [2.45, 2.75) is 25.9 Å². The third-order valence-electron chi connectivity index (χ3n) is 2.43. The standard InChI is InChI=1S/C11H10F5NO2/c1-5-4-8(18)6(2)3-7(5)17-9(19)10(12,13)11(14,15)16/h3-4,18H,1-2H3,(H,17,19). The Labute approximate surface area is 105 Å². The van der Waals surface area contributed by atoms with Crippen LogP contribution in [0.4, 0.5) is 27.6 Å². The first-order valence-corrected chi connectivity index (χ1v) is 5.03. The highest BCUT2D eigenvalue weighted by atomic mass is 19.4. The normalized spacial score (nSPS) is 12.4. The van der Waals surface area contributed by atoms with Gasteiger partial charge in [0, 0.05) is 5.69 Å². The molecular formula is C11H10F5NO2. The van der Waals surface area contributed by atoms with Crippen molar-refractivity contribution in [2.75, 3.05) is 5.32 Å². The zero-order chi connectivity index (χ0) is 15.0. The van der Waals surface area contributed by atoms with E-state index >= 15 is 0 Å². The van der Waals surface area contributed by atoms with E-state index in [1.165, 1.54) is 19.2 Å². The van der Waals surface area contributed by atoms with Crippen LogP contribution < -0.4 is 5.32 Å². The third-order valence-corrected chi connectivity index (χ3v) is 2.43. The molecule has 19 heavy (non-hydrogen) atoms. The third kappa shape index (κ3) is 2.94. The minimum absolute atomic E-state index is 0.155. The quantitative estimate of drug-likeness (QED) is 0.647. The Kier molecular flexibility index (Phi) is 3.74. The minimum atomic E-state index is -5.96. The van der Waals surface area contributed by atoms with Gasteiger partial charge in [-0.2, -0.15) is 22.0 Å². The van der Waals surface area contributed by atoms with Crippen molar-refractivity contribution >= 4 is 11.6 Å². The zero-order valence-electron chi connectivity index (χ0n) is 9.90. The predicted octanol–water partition coefficient (Wildman–Crippen LogP) is 3.15. The summed E-state index contributed by atoms with van der Waals surface area (Å²) in [6.45, 7) is 2.76. The van der Waals surface area contributed by atoms with Crippen LogP contribution in [0, 0.1) is 13.8 Å². The number of aryl methyl sites for hydroxylation is 2. The van der Waals surface area contributed by atoms with Crippen molar-refractivity contribution in [2.24, 2.45) is 0 Å². The van der Waals surface area contributed by atoms with Crippen molar-refractivity contribution < 1.29 is 31.9 Å². The van der Waals surface area contributed by atoms with Crippen LogP contribution in [0.3, 0.4) is 0 Å². The first-order chi connectivity index (χ1) is 8.46. The maximum atomic E-state index is 12.7. The van der Waals surface area contributed by atoms with Gasteiger partial charge in [-0.3, -0.25) is 4.79 Å². The minimum Gasteiger partial charge on any atom is -0.508 e. The van der Waals surface area contributed by atoms with E-state index in [4.69, 9.17) is 0 Å².